The van der Waals surface area contributed by atoms with Crippen LogP contribution in [-0.2, 0) is 9.53 Å². The van der Waals surface area contributed by atoms with Crippen LogP contribution in [0.5, 0.6) is 0 Å². The van der Waals surface area contributed by atoms with Crippen molar-refractivity contribution in [2.75, 3.05) is 19.0 Å². The summed E-state index contributed by atoms with van der Waals surface area (Å²) in [7, 11) is 0. The summed E-state index contributed by atoms with van der Waals surface area (Å²) in [5.41, 5.74) is 0. The van der Waals surface area contributed by atoms with Gasteiger partial charge in [0, 0.05) is 18.5 Å². The van der Waals surface area contributed by atoms with Gasteiger partial charge in [-0.05, 0) is 19.8 Å². The van der Waals surface area contributed by atoms with Gasteiger partial charge < -0.3 is 4.74 Å². The molecule has 0 aromatic rings. The van der Waals surface area contributed by atoms with Gasteiger partial charge in [-0.3, -0.25) is 4.79 Å². The third-order valence-corrected chi connectivity index (χ3v) is 3.21. The molecule has 1 rings (SSSR count). The molecule has 0 aliphatic carbocycles. The zero-order valence-corrected chi connectivity index (χ0v) is 7.65. The predicted octanol–water partition coefficient (Wildman–Crippen LogP) is 1.49. The molecule has 0 amide bonds. The van der Waals surface area contributed by atoms with Crippen LogP contribution in [0.1, 0.15) is 19.8 Å². The van der Waals surface area contributed by atoms with Crippen LogP contribution >= 0.6 is 11.8 Å². The molecule has 0 atom stereocenters. The SMILES string of the molecule is CC(=O)CSC1CCOCC1. The van der Waals surface area contributed by atoms with E-state index < -0.39 is 0 Å². The lowest BCUT2D eigenvalue weighted by Crippen LogP contribution is -2.18. The van der Waals surface area contributed by atoms with E-state index >= 15 is 0 Å². The molecule has 3 heteroatoms. The highest BCUT2D eigenvalue weighted by atomic mass is 32.2. The van der Waals surface area contributed by atoms with Crippen molar-refractivity contribution < 1.29 is 9.53 Å². The number of thioether (sulfide) groups is 1. The van der Waals surface area contributed by atoms with Gasteiger partial charge in [-0.1, -0.05) is 0 Å². The largest absolute Gasteiger partial charge is 0.381 e. The van der Waals surface area contributed by atoms with Crippen LogP contribution in [0.15, 0.2) is 0 Å². The van der Waals surface area contributed by atoms with Gasteiger partial charge >= 0.3 is 0 Å². The number of Topliss-reactive ketones (excluding diaryl/α,β-unsaturated/α-hetero) is 1. The first-order valence-electron chi connectivity index (χ1n) is 3.98. The molecule has 1 saturated heterocycles. The average Bonchev–Trinajstić information content (AvgIpc) is 2.03. The Hall–Kier alpha value is -0.0200. The molecule has 0 spiro atoms. The molecule has 64 valence electrons. The van der Waals surface area contributed by atoms with Crippen molar-refractivity contribution in [2.24, 2.45) is 0 Å². The van der Waals surface area contributed by atoms with E-state index in [0.29, 0.717) is 11.0 Å². The highest BCUT2D eigenvalue weighted by molar-refractivity contribution is 8.00. The van der Waals surface area contributed by atoms with Crippen LogP contribution in [0.3, 0.4) is 0 Å². The maximum absolute atomic E-state index is 10.6. The maximum Gasteiger partial charge on any atom is 0.139 e. The van der Waals surface area contributed by atoms with E-state index in [2.05, 4.69) is 0 Å². The summed E-state index contributed by atoms with van der Waals surface area (Å²) in [5.74, 6) is 0.950. The quantitative estimate of drug-likeness (QED) is 0.648. The maximum atomic E-state index is 10.6. The Bertz CT molecular complexity index is 130. The third-order valence-electron chi connectivity index (χ3n) is 1.69. The first-order valence-corrected chi connectivity index (χ1v) is 5.02. The minimum absolute atomic E-state index is 0.279. The van der Waals surface area contributed by atoms with Crippen LogP contribution in [0.25, 0.3) is 0 Å². The molecule has 1 heterocycles. The lowest BCUT2D eigenvalue weighted by atomic mass is 10.2. The monoisotopic (exact) mass is 174 g/mol. The number of ketones is 1. The molecule has 0 aromatic carbocycles. The Labute approximate surface area is 71.7 Å². The molecular formula is C8H14O2S. The first-order chi connectivity index (χ1) is 5.29. The van der Waals surface area contributed by atoms with Crippen LogP contribution in [0.2, 0.25) is 0 Å². The normalized spacial score (nSPS) is 20.1. The number of carbonyl (C=O) groups is 1. The van der Waals surface area contributed by atoms with Gasteiger partial charge in [0.25, 0.3) is 0 Å². The standard InChI is InChI=1S/C8H14O2S/c1-7(9)6-11-8-2-4-10-5-3-8/h8H,2-6H2,1H3. The first kappa shape index (κ1) is 9.07. The molecule has 0 aromatic heterocycles. The van der Waals surface area contributed by atoms with E-state index in [9.17, 15) is 4.79 Å². The molecule has 1 aliphatic rings. The number of carbonyl (C=O) groups excluding carboxylic acids is 1. The fourth-order valence-corrected chi connectivity index (χ4v) is 2.07. The fraction of sp³-hybridized carbons (Fsp3) is 0.875. The van der Waals surface area contributed by atoms with Crippen molar-refractivity contribution in [1.29, 1.82) is 0 Å². The molecule has 0 N–H and O–H groups in total. The smallest absolute Gasteiger partial charge is 0.139 e. The Morgan fingerprint density at radius 1 is 1.55 bits per heavy atom. The molecule has 0 unspecified atom stereocenters. The summed E-state index contributed by atoms with van der Waals surface area (Å²) < 4.78 is 5.21. The van der Waals surface area contributed by atoms with Gasteiger partial charge in [-0.15, -0.1) is 0 Å². The minimum atomic E-state index is 0.279. The molecule has 0 bridgehead atoms. The van der Waals surface area contributed by atoms with E-state index in [0.717, 1.165) is 26.1 Å². The van der Waals surface area contributed by atoms with Gasteiger partial charge in [-0.2, -0.15) is 11.8 Å². The van der Waals surface area contributed by atoms with Crippen LogP contribution in [-0.4, -0.2) is 30.0 Å². The zero-order valence-electron chi connectivity index (χ0n) is 6.84. The Balaban J connectivity index is 2.09. The van der Waals surface area contributed by atoms with Crippen molar-refractivity contribution in [2.45, 2.75) is 25.0 Å². The number of hydrogen-bond acceptors (Lipinski definition) is 3. The van der Waals surface area contributed by atoms with Crippen molar-refractivity contribution >= 4 is 17.5 Å². The van der Waals surface area contributed by atoms with E-state index in [4.69, 9.17) is 4.74 Å². The average molecular weight is 174 g/mol. The van der Waals surface area contributed by atoms with E-state index in [1.165, 1.54) is 0 Å². The third kappa shape index (κ3) is 3.77. The van der Waals surface area contributed by atoms with Gasteiger partial charge in [-0.25, -0.2) is 0 Å². The Morgan fingerprint density at radius 3 is 2.73 bits per heavy atom. The highest BCUT2D eigenvalue weighted by Crippen LogP contribution is 2.21. The number of hydrogen-bond donors (Lipinski definition) is 0. The summed E-state index contributed by atoms with van der Waals surface area (Å²) in [6.07, 6.45) is 2.22. The van der Waals surface area contributed by atoms with Crippen molar-refractivity contribution in [1.82, 2.24) is 0 Å². The van der Waals surface area contributed by atoms with E-state index in [1.54, 1.807) is 18.7 Å². The lowest BCUT2D eigenvalue weighted by Gasteiger charge is -2.20. The van der Waals surface area contributed by atoms with E-state index in [1.807, 2.05) is 0 Å². The summed E-state index contributed by atoms with van der Waals surface area (Å²) >= 11 is 1.78. The Morgan fingerprint density at radius 2 is 2.18 bits per heavy atom. The molecule has 2 nitrogen and oxygen atoms in total. The van der Waals surface area contributed by atoms with Crippen LogP contribution in [0.4, 0.5) is 0 Å². The van der Waals surface area contributed by atoms with Gasteiger partial charge in [0.2, 0.25) is 0 Å². The predicted molar refractivity (Wildman–Crippen MR) is 47.0 cm³/mol. The topological polar surface area (TPSA) is 26.3 Å². The van der Waals surface area contributed by atoms with Gasteiger partial charge in [0.15, 0.2) is 0 Å². The van der Waals surface area contributed by atoms with E-state index in [-0.39, 0.29) is 5.78 Å². The zero-order chi connectivity index (χ0) is 8.10. The van der Waals surface area contributed by atoms with Crippen molar-refractivity contribution in [3.05, 3.63) is 0 Å². The second kappa shape index (κ2) is 4.78. The minimum Gasteiger partial charge on any atom is -0.381 e. The van der Waals surface area contributed by atoms with Crippen LogP contribution < -0.4 is 0 Å². The van der Waals surface area contributed by atoms with Crippen molar-refractivity contribution in [3.8, 4) is 0 Å². The summed E-state index contributed by atoms with van der Waals surface area (Å²) in [5, 5.41) is 0.660. The van der Waals surface area contributed by atoms with Gasteiger partial charge in [0.05, 0.1) is 5.75 Å². The second-order valence-corrected chi connectivity index (χ2v) is 4.11. The molecule has 0 saturated carbocycles. The summed E-state index contributed by atoms with van der Waals surface area (Å²) in [4.78, 5) is 10.6. The highest BCUT2D eigenvalue weighted by Gasteiger charge is 2.14. The van der Waals surface area contributed by atoms with Crippen molar-refractivity contribution in [3.63, 3.8) is 0 Å². The molecule has 11 heavy (non-hydrogen) atoms. The molecular weight excluding hydrogens is 160 g/mol. The number of rotatable bonds is 3. The fourth-order valence-electron chi connectivity index (χ4n) is 1.08. The second-order valence-electron chi connectivity index (χ2n) is 2.82. The summed E-state index contributed by atoms with van der Waals surface area (Å²) in [6.45, 7) is 3.39. The molecule has 1 aliphatic heterocycles. The molecule has 0 radical (unpaired) electrons. The lowest BCUT2D eigenvalue weighted by molar-refractivity contribution is -0.114. The number of ether oxygens (including phenoxy) is 1. The molecule has 1 fully saturated rings. The Kier molecular flexibility index (Phi) is 3.94. The van der Waals surface area contributed by atoms with Crippen LogP contribution in [0, 0.1) is 0 Å². The van der Waals surface area contributed by atoms with Gasteiger partial charge in [0.1, 0.15) is 5.78 Å². The summed E-state index contributed by atoms with van der Waals surface area (Å²) in [6, 6.07) is 0.